The highest BCUT2D eigenvalue weighted by Gasteiger charge is 2.32. The maximum atomic E-state index is 12.7. The quantitative estimate of drug-likeness (QED) is 0.203. The Balaban J connectivity index is 1.34. The molecule has 5 aromatic rings. The van der Waals surface area contributed by atoms with Gasteiger partial charge in [0.1, 0.15) is 5.60 Å². The monoisotopic (exact) mass is 620 g/mol. The van der Waals surface area contributed by atoms with Gasteiger partial charge in [-0.15, -0.1) is 5.10 Å². The topological polar surface area (TPSA) is 87.3 Å². The number of carbonyl (C=O) groups is 1. The number of fused-ring (bicyclic) bond motifs is 3. The fraction of sp³-hybridized carbons (Fsp3) is 0.459. The SMILES string of the molecule is Cc1nnn(C)c1-c1cnc2c3cc(C4CCN(C(=O)OC(C)(C)C)CC4)ccc3n([C@H](c3ccccc3)C3CCOCC3)c2c1. The molecular formula is C37H44N6O3. The van der Waals surface area contributed by atoms with Gasteiger partial charge in [0, 0.05) is 50.5 Å². The number of likely N-dealkylation sites (tertiary alicyclic amines) is 1. The highest BCUT2D eigenvalue weighted by molar-refractivity contribution is 6.07. The lowest BCUT2D eigenvalue weighted by Crippen LogP contribution is -2.41. The van der Waals surface area contributed by atoms with E-state index in [0.717, 1.165) is 66.9 Å². The number of ether oxygens (including phenoxy) is 2. The van der Waals surface area contributed by atoms with Gasteiger partial charge < -0.3 is 18.9 Å². The second-order valence-corrected chi connectivity index (χ2v) is 13.9. The number of carbonyl (C=O) groups excluding carboxylic acids is 1. The first-order valence-corrected chi connectivity index (χ1v) is 16.6. The van der Waals surface area contributed by atoms with Crippen molar-refractivity contribution in [2.24, 2.45) is 13.0 Å². The first-order chi connectivity index (χ1) is 22.2. The lowest BCUT2D eigenvalue weighted by atomic mass is 9.86. The molecule has 2 aliphatic rings. The van der Waals surface area contributed by atoms with E-state index in [2.05, 4.69) is 69.5 Å². The van der Waals surface area contributed by atoms with E-state index in [9.17, 15) is 4.79 Å². The zero-order valence-corrected chi connectivity index (χ0v) is 27.6. The van der Waals surface area contributed by atoms with Gasteiger partial charge in [-0.25, -0.2) is 9.48 Å². The molecule has 5 heterocycles. The van der Waals surface area contributed by atoms with Crippen LogP contribution in [0.1, 0.15) is 75.2 Å². The Morgan fingerprint density at radius 3 is 2.39 bits per heavy atom. The molecule has 0 saturated carbocycles. The summed E-state index contributed by atoms with van der Waals surface area (Å²) in [4.78, 5) is 19.7. The second kappa shape index (κ2) is 12.2. The van der Waals surface area contributed by atoms with E-state index in [-0.39, 0.29) is 12.1 Å². The molecule has 2 fully saturated rings. The Labute approximate surface area is 270 Å². The smallest absolute Gasteiger partial charge is 0.410 e. The van der Waals surface area contributed by atoms with Gasteiger partial charge in [0.25, 0.3) is 0 Å². The van der Waals surface area contributed by atoms with Crippen LogP contribution in [-0.2, 0) is 16.5 Å². The Morgan fingerprint density at radius 1 is 0.978 bits per heavy atom. The zero-order chi connectivity index (χ0) is 32.0. The van der Waals surface area contributed by atoms with E-state index in [1.54, 1.807) is 0 Å². The molecule has 46 heavy (non-hydrogen) atoms. The molecule has 1 atom stereocenters. The summed E-state index contributed by atoms with van der Waals surface area (Å²) in [5.74, 6) is 0.792. The molecule has 9 heteroatoms. The molecular weight excluding hydrogens is 576 g/mol. The Bertz CT molecular complexity index is 1840. The van der Waals surface area contributed by atoms with Crippen LogP contribution < -0.4 is 0 Å². The number of hydrogen-bond donors (Lipinski definition) is 0. The van der Waals surface area contributed by atoms with Crippen molar-refractivity contribution in [3.05, 3.63) is 77.6 Å². The van der Waals surface area contributed by atoms with Gasteiger partial charge in [0.15, 0.2) is 0 Å². The van der Waals surface area contributed by atoms with Crippen LogP contribution >= 0.6 is 0 Å². The third-order valence-electron chi connectivity index (χ3n) is 9.68. The van der Waals surface area contributed by atoms with E-state index in [0.29, 0.717) is 24.9 Å². The third kappa shape index (κ3) is 5.77. The van der Waals surface area contributed by atoms with Crippen LogP contribution in [0.3, 0.4) is 0 Å². The fourth-order valence-corrected chi connectivity index (χ4v) is 7.50. The number of amides is 1. The van der Waals surface area contributed by atoms with E-state index in [4.69, 9.17) is 14.5 Å². The minimum atomic E-state index is -0.492. The van der Waals surface area contributed by atoms with E-state index < -0.39 is 5.60 Å². The third-order valence-corrected chi connectivity index (χ3v) is 9.68. The van der Waals surface area contributed by atoms with Gasteiger partial charge in [-0.1, -0.05) is 41.6 Å². The summed E-state index contributed by atoms with van der Waals surface area (Å²) in [7, 11) is 1.93. The van der Waals surface area contributed by atoms with Gasteiger partial charge in [-0.05, 0) is 94.5 Å². The molecule has 3 aromatic heterocycles. The van der Waals surface area contributed by atoms with Crippen LogP contribution in [0, 0.1) is 12.8 Å². The lowest BCUT2D eigenvalue weighted by molar-refractivity contribution is 0.0205. The predicted octanol–water partition coefficient (Wildman–Crippen LogP) is 7.42. The lowest BCUT2D eigenvalue weighted by Gasteiger charge is -2.34. The van der Waals surface area contributed by atoms with Crippen molar-refractivity contribution in [1.29, 1.82) is 0 Å². The average molecular weight is 621 g/mol. The molecule has 0 spiro atoms. The Hall–Kier alpha value is -4.24. The van der Waals surface area contributed by atoms with Crippen molar-refractivity contribution in [2.45, 2.75) is 70.9 Å². The molecule has 0 bridgehead atoms. The van der Waals surface area contributed by atoms with Gasteiger partial charge >= 0.3 is 6.09 Å². The number of hydrogen-bond acceptors (Lipinski definition) is 6. The average Bonchev–Trinajstić information content (AvgIpc) is 3.56. The van der Waals surface area contributed by atoms with Crippen LogP contribution in [0.15, 0.2) is 60.8 Å². The van der Waals surface area contributed by atoms with Crippen LogP contribution in [0.25, 0.3) is 33.2 Å². The number of nitrogens with zero attached hydrogens (tertiary/aromatic N) is 6. The normalized spacial score (nSPS) is 17.5. The largest absolute Gasteiger partial charge is 0.444 e. The van der Waals surface area contributed by atoms with Crippen LogP contribution in [0.4, 0.5) is 4.79 Å². The minimum Gasteiger partial charge on any atom is -0.444 e. The second-order valence-electron chi connectivity index (χ2n) is 13.9. The molecule has 2 aromatic carbocycles. The summed E-state index contributed by atoms with van der Waals surface area (Å²) in [6, 6.07) is 20.3. The van der Waals surface area contributed by atoms with Crippen LogP contribution in [0.5, 0.6) is 0 Å². The number of aryl methyl sites for hydroxylation is 2. The van der Waals surface area contributed by atoms with Crippen molar-refractivity contribution >= 4 is 28.0 Å². The van der Waals surface area contributed by atoms with Gasteiger partial charge in [0.05, 0.1) is 34.0 Å². The number of piperidine rings is 1. The molecule has 9 nitrogen and oxygen atoms in total. The maximum Gasteiger partial charge on any atom is 0.410 e. The fourth-order valence-electron chi connectivity index (χ4n) is 7.50. The number of pyridine rings is 1. The first-order valence-electron chi connectivity index (χ1n) is 16.6. The summed E-state index contributed by atoms with van der Waals surface area (Å²) in [5, 5.41) is 9.77. The minimum absolute atomic E-state index is 0.135. The number of aromatic nitrogens is 5. The van der Waals surface area contributed by atoms with E-state index in [1.807, 2.05) is 50.5 Å². The van der Waals surface area contributed by atoms with Gasteiger partial charge in [-0.2, -0.15) is 0 Å². The van der Waals surface area contributed by atoms with Crippen molar-refractivity contribution < 1.29 is 14.3 Å². The molecule has 2 aliphatic heterocycles. The van der Waals surface area contributed by atoms with Gasteiger partial charge in [-0.3, -0.25) is 4.98 Å². The van der Waals surface area contributed by atoms with Crippen molar-refractivity contribution in [2.75, 3.05) is 26.3 Å². The summed E-state index contributed by atoms with van der Waals surface area (Å²) in [5.41, 5.74) is 8.30. The standard InChI is InChI=1S/C37H44N6O3/c1-24-34(41(5)40-39-24)29-22-32-33(38-23-29)30-21-28(25-13-17-42(18-14-25)36(44)46-37(2,3)4)11-12-31(30)43(32)35(26-9-7-6-8-10-26)27-15-19-45-20-16-27/h6-12,21-23,25,27,35H,13-20H2,1-5H3/t35-/m1/s1. The summed E-state index contributed by atoms with van der Waals surface area (Å²) >= 11 is 0. The zero-order valence-electron chi connectivity index (χ0n) is 27.6. The summed E-state index contributed by atoms with van der Waals surface area (Å²) < 4.78 is 15.9. The molecule has 0 N–H and O–H groups in total. The van der Waals surface area contributed by atoms with E-state index in [1.165, 1.54) is 22.0 Å². The Kier molecular flexibility index (Phi) is 8.05. The molecule has 0 aliphatic carbocycles. The number of benzene rings is 2. The van der Waals surface area contributed by atoms with Crippen LogP contribution in [-0.4, -0.2) is 67.4 Å². The van der Waals surface area contributed by atoms with Crippen molar-refractivity contribution in [3.8, 4) is 11.3 Å². The first kappa shape index (κ1) is 30.4. The summed E-state index contributed by atoms with van der Waals surface area (Å²) in [6.45, 7) is 10.7. The molecule has 240 valence electrons. The molecule has 7 rings (SSSR count). The van der Waals surface area contributed by atoms with Crippen molar-refractivity contribution in [3.63, 3.8) is 0 Å². The molecule has 1 amide bonds. The van der Waals surface area contributed by atoms with Gasteiger partial charge in [0.2, 0.25) is 0 Å². The Morgan fingerprint density at radius 2 is 1.72 bits per heavy atom. The molecule has 0 unspecified atom stereocenters. The summed E-state index contributed by atoms with van der Waals surface area (Å²) in [6.07, 6.45) is 5.57. The highest BCUT2D eigenvalue weighted by atomic mass is 16.6. The van der Waals surface area contributed by atoms with E-state index >= 15 is 0 Å². The maximum absolute atomic E-state index is 12.7. The number of rotatable bonds is 5. The molecule has 0 radical (unpaired) electrons. The van der Waals surface area contributed by atoms with Crippen LogP contribution in [0.2, 0.25) is 0 Å². The molecule has 2 saturated heterocycles. The predicted molar refractivity (Wildman–Crippen MR) is 180 cm³/mol. The van der Waals surface area contributed by atoms with Crippen molar-refractivity contribution in [1.82, 2.24) is 29.4 Å². The highest BCUT2D eigenvalue weighted by Crippen LogP contribution is 2.42.